The fourth-order valence-corrected chi connectivity index (χ4v) is 7.86. The number of nitrogens with one attached hydrogen (secondary N) is 1. The first-order valence-electron chi connectivity index (χ1n) is 14.7. The van der Waals surface area contributed by atoms with Crippen LogP contribution >= 0.6 is 11.3 Å². The molecule has 1 aliphatic rings. The van der Waals surface area contributed by atoms with E-state index in [4.69, 9.17) is 9.47 Å². The molecule has 1 saturated carbocycles. The van der Waals surface area contributed by atoms with Crippen LogP contribution in [0, 0.1) is 5.92 Å². The monoisotopic (exact) mass is 652 g/mol. The van der Waals surface area contributed by atoms with Gasteiger partial charge in [0.2, 0.25) is 21.8 Å². The molecule has 0 spiro atoms. The molecule has 1 fully saturated rings. The molecule has 4 aromatic rings. The molecular formula is C32H36N4O7S2. The van der Waals surface area contributed by atoms with Gasteiger partial charge in [0, 0.05) is 19.2 Å². The van der Waals surface area contributed by atoms with Gasteiger partial charge < -0.3 is 19.9 Å². The van der Waals surface area contributed by atoms with Crippen molar-refractivity contribution in [1.29, 1.82) is 0 Å². The number of hydrogen-bond acceptors (Lipinski definition) is 9. The zero-order valence-corrected chi connectivity index (χ0v) is 26.8. The Morgan fingerprint density at radius 1 is 1.00 bits per heavy atom. The number of benzene rings is 2. The van der Waals surface area contributed by atoms with Gasteiger partial charge in [-0.1, -0.05) is 61.3 Å². The molecule has 2 N–H and O–H groups in total. The Morgan fingerprint density at radius 3 is 2.36 bits per heavy atom. The van der Waals surface area contributed by atoms with Crippen LogP contribution in [0.2, 0.25) is 0 Å². The van der Waals surface area contributed by atoms with Crippen molar-refractivity contribution in [3.63, 3.8) is 0 Å². The SMILES string of the molecule is COc1ccc(CN(CCC(=O)O)S(=O)(=O)c2ccc([C@@H](CC3CCCC3)C(=O)Nc3nc4ccc(OC)nc4s3)cc2)cc1. The van der Waals surface area contributed by atoms with E-state index >= 15 is 0 Å². The summed E-state index contributed by atoms with van der Waals surface area (Å²) in [5.74, 6) is -0.340. The van der Waals surface area contributed by atoms with Gasteiger partial charge in [0.1, 0.15) is 16.1 Å². The van der Waals surface area contributed by atoms with Gasteiger partial charge in [-0.3, -0.25) is 9.59 Å². The summed E-state index contributed by atoms with van der Waals surface area (Å²) >= 11 is 1.26. The van der Waals surface area contributed by atoms with Crippen molar-refractivity contribution in [3.8, 4) is 11.6 Å². The number of carbonyl (C=O) groups excluding carboxylic acids is 1. The number of amides is 1. The lowest BCUT2D eigenvalue weighted by Gasteiger charge is -2.23. The summed E-state index contributed by atoms with van der Waals surface area (Å²) in [5, 5.41) is 12.7. The Morgan fingerprint density at radius 2 is 1.71 bits per heavy atom. The van der Waals surface area contributed by atoms with E-state index in [1.807, 2.05) is 0 Å². The maximum atomic E-state index is 13.7. The van der Waals surface area contributed by atoms with Crippen molar-refractivity contribution in [2.24, 2.45) is 5.92 Å². The molecule has 1 atom stereocenters. The second-order valence-electron chi connectivity index (χ2n) is 11.0. The summed E-state index contributed by atoms with van der Waals surface area (Å²) < 4.78 is 39.0. The first-order chi connectivity index (χ1) is 21.7. The molecule has 1 aliphatic carbocycles. The molecule has 2 aromatic heterocycles. The van der Waals surface area contributed by atoms with Gasteiger partial charge >= 0.3 is 5.97 Å². The Balaban J connectivity index is 1.38. The number of hydrogen-bond donors (Lipinski definition) is 2. The van der Waals surface area contributed by atoms with Gasteiger partial charge in [-0.2, -0.15) is 4.31 Å². The third kappa shape index (κ3) is 7.96. The minimum absolute atomic E-state index is 0.00301. The van der Waals surface area contributed by atoms with Crippen LogP contribution in [-0.4, -0.2) is 60.4 Å². The third-order valence-corrected chi connectivity index (χ3v) is 10.8. The minimum atomic E-state index is -4.05. The Hall–Kier alpha value is -4.07. The lowest BCUT2D eigenvalue weighted by atomic mass is 9.87. The summed E-state index contributed by atoms with van der Waals surface area (Å²) in [6.45, 7) is -0.196. The van der Waals surface area contributed by atoms with E-state index in [2.05, 4.69) is 15.3 Å². The first-order valence-corrected chi connectivity index (χ1v) is 17.0. The van der Waals surface area contributed by atoms with E-state index in [0.717, 1.165) is 30.0 Å². The molecule has 13 heteroatoms. The number of aliphatic carboxylic acids is 1. The number of nitrogens with zero attached hydrogens (tertiary/aromatic N) is 3. The van der Waals surface area contributed by atoms with Crippen molar-refractivity contribution in [1.82, 2.24) is 14.3 Å². The van der Waals surface area contributed by atoms with Crippen molar-refractivity contribution < 1.29 is 32.6 Å². The van der Waals surface area contributed by atoms with Crippen molar-refractivity contribution in [2.75, 3.05) is 26.1 Å². The molecule has 2 aromatic carbocycles. The molecule has 2 heterocycles. The van der Waals surface area contributed by atoms with Gasteiger partial charge in [0.25, 0.3) is 0 Å². The summed E-state index contributed by atoms with van der Waals surface area (Å²) in [7, 11) is -0.972. The fraction of sp³-hybridized carbons (Fsp3) is 0.375. The van der Waals surface area contributed by atoms with Gasteiger partial charge in [-0.25, -0.2) is 18.4 Å². The summed E-state index contributed by atoms with van der Waals surface area (Å²) in [6, 6.07) is 16.8. The molecule has 5 rings (SSSR count). The van der Waals surface area contributed by atoms with Crippen molar-refractivity contribution >= 4 is 48.7 Å². The van der Waals surface area contributed by atoms with E-state index in [0.29, 0.717) is 50.6 Å². The topological polar surface area (TPSA) is 148 Å². The highest BCUT2D eigenvalue weighted by atomic mass is 32.2. The average molecular weight is 653 g/mol. The van der Waals surface area contributed by atoms with Gasteiger partial charge in [0.05, 0.1) is 31.5 Å². The average Bonchev–Trinajstić information content (AvgIpc) is 3.71. The second-order valence-corrected chi connectivity index (χ2v) is 13.9. The molecule has 0 saturated heterocycles. The number of carboxylic acid groups (broad SMARTS) is 1. The number of methoxy groups -OCH3 is 2. The minimum Gasteiger partial charge on any atom is -0.497 e. The second kappa shape index (κ2) is 14.4. The summed E-state index contributed by atoms with van der Waals surface area (Å²) in [6.07, 6.45) is 4.64. The van der Waals surface area contributed by atoms with E-state index in [1.54, 1.807) is 55.6 Å². The molecule has 11 nitrogen and oxygen atoms in total. The maximum absolute atomic E-state index is 13.7. The summed E-state index contributed by atoms with van der Waals surface area (Å²) in [4.78, 5) is 34.6. The Kier molecular flexibility index (Phi) is 10.3. The van der Waals surface area contributed by atoms with Crippen molar-refractivity contribution in [3.05, 3.63) is 71.8 Å². The van der Waals surface area contributed by atoms with Gasteiger partial charge in [-0.15, -0.1) is 0 Å². The number of ether oxygens (including phenoxy) is 2. The van der Waals surface area contributed by atoms with E-state index in [1.165, 1.54) is 30.6 Å². The van der Waals surface area contributed by atoms with E-state index in [-0.39, 0.29) is 30.3 Å². The number of thiazole rings is 1. The molecule has 0 bridgehead atoms. The van der Waals surface area contributed by atoms with Crippen LogP contribution < -0.4 is 14.8 Å². The molecule has 0 aliphatic heterocycles. The molecule has 238 valence electrons. The van der Waals surface area contributed by atoms with Crippen LogP contribution in [-0.2, 0) is 26.2 Å². The number of fused-ring (bicyclic) bond motifs is 1. The fourth-order valence-electron chi connectivity index (χ4n) is 5.59. The number of sulfonamides is 1. The van der Waals surface area contributed by atoms with Gasteiger partial charge in [0.15, 0.2) is 5.13 Å². The van der Waals surface area contributed by atoms with E-state index in [9.17, 15) is 23.1 Å². The highest BCUT2D eigenvalue weighted by Crippen LogP contribution is 2.36. The van der Waals surface area contributed by atoms with Crippen LogP contribution in [0.1, 0.15) is 55.6 Å². The number of carbonyl (C=O) groups is 2. The highest BCUT2D eigenvalue weighted by molar-refractivity contribution is 7.89. The summed E-state index contributed by atoms with van der Waals surface area (Å²) in [5.41, 5.74) is 2.05. The quantitative estimate of drug-likeness (QED) is 0.176. The molecule has 0 unspecified atom stereocenters. The number of rotatable bonds is 14. The number of carboxylic acids is 1. The van der Waals surface area contributed by atoms with Crippen LogP contribution in [0.3, 0.4) is 0 Å². The van der Waals surface area contributed by atoms with Crippen LogP contribution in [0.25, 0.3) is 10.3 Å². The number of aromatic nitrogens is 2. The van der Waals surface area contributed by atoms with Crippen LogP contribution in [0.15, 0.2) is 65.6 Å². The predicted molar refractivity (Wildman–Crippen MR) is 171 cm³/mol. The van der Waals surface area contributed by atoms with Crippen LogP contribution in [0.5, 0.6) is 11.6 Å². The van der Waals surface area contributed by atoms with E-state index < -0.39 is 21.9 Å². The largest absolute Gasteiger partial charge is 0.497 e. The predicted octanol–water partition coefficient (Wildman–Crippen LogP) is 5.68. The first kappa shape index (κ1) is 32.3. The Labute approximate surface area is 266 Å². The molecular weight excluding hydrogens is 617 g/mol. The smallest absolute Gasteiger partial charge is 0.304 e. The highest BCUT2D eigenvalue weighted by Gasteiger charge is 2.30. The number of anilines is 1. The zero-order valence-electron chi connectivity index (χ0n) is 25.1. The van der Waals surface area contributed by atoms with Crippen LogP contribution in [0.4, 0.5) is 5.13 Å². The van der Waals surface area contributed by atoms with Gasteiger partial charge in [-0.05, 0) is 53.8 Å². The van der Waals surface area contributed by atoms with Crippen molar-refractivity contribution in [2.45, 2.75) is 55.9 Å². The third-order valence-electron chi connectivity index (χ3n) is 8.04. The normalized spacial score (nSPS) is 14.5. The standard InChI is InChI=1S/C32H36N4O7S2/c1-42-24-11-7-22(8-12-24)20-36(18-17-29(37)38)45(40,41)25-13-9-23(10-14-25)26(19-21-5-3-4-6-21)30(39)35-32-33-27-15-16-28(43-2)34-31(27)44-32/h7-16,21,26H,3-6,17-20H2,1-2H3,(H,37,38)(H,33,35,39)/t26-/m1/s1. The Bertz CT molecular complexity index is 1740. The zero-order chi connectivity index (χ0) is 32.0. The number of pyridine rings is 1. The lowest BCUT2D eigenvalue weighted by Crippen LogP contribution is -2.32. The molecule has 0 radical (unpaired) electrons. The maximum Gasteiger partial charge on any atom is 0.304 e. The molecule has 1 amide bonds. The molecule has 45 heavy (non-hydrogen) atoms. The lowest BCUT2D eigenvalue weighted by molar-refractivity contribution is -0.137.